The number of hydrogen-bond donors (Lipinski definition) is 2. The Morgan fingerprint density at radius 1 is 1.11 bits per heavy atom. The first-order chi connectivity index (χ1) is 18.4. The molecule has 0 spiro atoms. The monoisotopic (exact) mass is 543 g/mol. The quantitative estimate of drug-likeness (QED) is 0.363. The summed E-state index contributed by atoms with van der Waals surface area (Å²) < 4.78 is 42.0. The number of rotatable bonds is 10. The maximum absolute atomic E-state index is 11.1. The molecule has 1 aliphatic heterocycles. The maximum Gasteiger partial charge on any atom is 0.225 e. The fourth-order valence-corrected chi connectivity index (χ4v) is 5.06. The van der Waals surface area contributed by atoms with Crippen LogP contribution in [0.1, 0.15) is 25.7 Å². The topological polar surface area (TPSA) is 141 Å². The Balaban J connectivity index is 1.13. The zero-order chi connectivity index (χ0) is 26.4. The van der Waals surface area contributed by atoms with Gasteiger partial charge in [-0.1, -0.05) is 0 Å². The normalized spacial score (nSPS) is 20.3. The number of nitrogens with zero attached hydrogens (tertiary/aromatic N) is 5. The molecule has 3 aromatic rings. The minimum atomic E-state index is -3.23. The van der Waals surface area contributed by atoms with Gasteiger partial charge in [-0.15, -0.1) is 0 Å². The Bertz CT molecular complexity index is 1310. The van der Waals surface area contributed by atoms with Crippen molar-refractivity contribution in [1.29, 1.82) is 0 Å². The van der Waals surface area contributed by atoms with Crippen LogP contribution in [0.2, 0.25) is 0 Å². The molecule has 1 aliphatic carbocycles. The lowest BCUT2D eigenvalue weighted by atomic mass is 9.93. The molecule has 13 heteroatoms. The van der Waals surface area contributed by atoms with Crippen LogP contribution >= 0.6 is 0 Å². The standard InChI is InChI=1S/C25H33N7O5S/c1-38(33,34)29-9-12-36-20-16-27-25(28-17-20)30-18-4-6-19(7-5-18)37-24-21-3-2-8-26-22(21)15-23(31-24)32-10-13-35-14-11-32/h2-3,8,15-19,29H,4-7,9-14H2,1H3,(H,27,28,30). The smallest absolute Gasteiger partial charge is 0.225 e. The van der Waals surface area contributed by atoms with Crippen LogP contribution in [0, 0.1) is 0 Å². The molecule has 0 amide bonds. The van der Waals surface area contributed by atoms with Gasteiger partial charge < -0.3 is 24.4 Å². The van der Waals surface area contributed by atoms with Crippen LogP contribution < -0.4 is 24.4 Å². The van der Waals surface area contributed by atoms with Crippen LogP contribution in [-0.4, -0.2) is 86.2 Å². The van der Waals surface area contributed by atoms with E-state index in [-0.39, 0.29) is 25.3 Å². The predicted molar refractivity (Wildman–Crippen MR) is 143 cm³/mol. The number of pyridine rings is 2. The van der Waals surface area contributed by atoms with Crippen LogP contribution in [-0.2, 0) is 14.8 Å². The molecule has 0 aromatic carbocycles. The Morgan fingerprint density at radius 3 is 2.61 bits per heavy atom. The van der Waals surface area contributed by atoms with E-state index in [1.165, 1.54) is 0 Å². The molecule has 5 rings (SSSR count). The number of sulfonamides is 1. The van der Waals surface area contributed by atoms with Gasteiger partial charge in [0.25, 0.3) is 0 Å². The number of morpholine rings is 1. The molecule has 4 heterocycles. The zero-order valence-corrected chi connectivity index (χ0v) is 22.2. The second kappa shape index (κ2) is 12.0. The molecule has 3 aromatic heterocycles. The zero-order valence-electron chi connectivity index (χ0n) is 21.4. The van der Waals surface area contributed by atoms with E-state index < -0.39 is 10.0 Å². The van der Waals surface area contributed by atoms with Gasteiger partial charge in [0, 0.05) is 37.9 Å². The summed E-state index contributed by atoms with van der Waals surface area (Å²) in [6.07, 6.45) is 9.74. The highest BCUT2D eigenvalue weighted by molar-refractivity contribution is 7.88. The van der Waals surface area contributed by atoms with E-state index in [9.17, 15) is 8.42 Å². The lowest BCUT2D eigenvalue weighted by Gasteiger charge is -2.31. The molecule has 38 heavy (non-hydrogen) atoms. The van der Waals surface area contributed by atoms with E-state index in [1.54, 1.807) is 18.6 Å². The highest BCUT2D eigenvalue weighted by Crippen LogP contribution is 2.31. The average molecular weight is 544 g/mol. The van der Waals surface area contributed by atoms with Crippen LogP contribution in [0.3, 0.4) is 0 Å². The van der Waals surface area contributed by atoms with Gasteiger partial charge in [-0.25, -0.2) is 23.1 Å². The summed E-state index contributed by atoms with van der Waals surface area (Å²) in [6, 6.07) is 6.19. The summed E-state index contributed by atoms with van der Waals surface area (Å²) >= 11 is 0. The van der Waals surface area contributed by atoms with Crippen molar-refractivity contribution < 1.29 is 22.6 Å². The Kier molecular flexibility index (Phi) is 8.35. The van der Waals surface area contributed by atoms with E-state index >= 15 is 0 Å². The minimum Gasteiger partial charge on any atom is -0.489 e. The van der Waals surface area contributed by atoms with Crippen molar-refractivity contribution in [2.24, 2.45) is 0 Å². The van der Waals surface area contributed by atoms with Crippen LogP contribution in [0.15, 0.2) is 36.8 Å². The molecular formula is C25H33N7O5S. The summed E-state index contributed by atoms with van der Waals surface area (Å²) in [6.45, 7) is 3.37. The van der Waals surface area contributed by atoms with Crippen molar-refractivity contribution in [3.63, 3.8) is 0 Å². The molecule has 12 nitrogen and oxygen atoms in total. The molecule has 1 saturated carbocycles. The number of hydrogen-bond acceptors (Lipinski definition) is 11. The van der Waals surface area contributed by atoms with Gasteiger partial charge in [0.05, 0.1) is 42.8 Å². The first-order valence-corrected chi connectivity index (χ1v) is 14.7. The van der Waals surface area contributed by atoms with Gasteiger partial charge in [0.15, 0.2) is 5.75 Å². The fourth-order valence-electron chi connectivity index (χ4n) is 4.60. The molecule has 2 N–H and O–H groups in total. The van der Waals surface area contributed by atoms with E-state index in [4.69, 9.17) is 19.2 Å². The third-order valence-electron chi connectivity index (χ3n) is 6.53. The highest BCUT2D eigenvalue weighted by Gasteiger charge is 2.25. The van der Waals surface area contributed by atoms with Crippen molar-refractivity contribution in [3.8, 4) is 11.6 Å². The predicted octanol–water partition coefficient (Wildman–Crippen LogP) is 1.99. The molecule has 0 atom stereocenters. The summed E-state index contributed by atoms with van der Waals surface area (Å²) in [5.74, 6) is 2.53. The van der Waals surface area contributed by atoms with Gasteiger partial charge in [0.2, 0.25) is 21.9 Å². The highest BCUT2D eigenvalue weighted by atomic mass is 32.2. The SMILES string of the molecule is CS(=O)(=O)NCCOc1cnc(NC2CCC(Oc3nc(N4CCOCC4)cc4ncccc34)CC2)nc1. The van der Waals surface area contributed by atoms with Gasteiger partial charge in [-0.3, -0.25) is 4.98 Å². The third-order valence-corrected chi connectivity index (χ3v) is 7.26. The average Bonchev–Trinajstić information content (AvgIpc) is 2.93. The summed E-state index contributed by atoms with van der Waals surface area (Å²) in [5, 5.41) is 4.32. The Labute approximate surface area is 222 Å². The van der Waals surface area contributed by atoms with Gasteiger partial charge in [-0.2, -0.15) is 4.98 Å². The number of anilines is 2. The van der Waals surface area contributed by atoms with Crippen LogP contribution in [0.4, 0.5) is 11.8 Å². The number of nitrogens with one attached hydrogen (secondary N) is 2. The van der Waals surface area contributed by atoms with Crippen molar-refractivity contribution in [2.45, 2.75) is 37.8 Å². The van der Waals surface area contributed by atoms with Crippen molar-refractivity contribution in [1.82, 2.24) is 24.7 Å². The molecule has 0 bridgehead atoms. The maximum atomic E-state index is 11.1. The summed E-state index contributed by atoms with van der Waals surface area (Å²) in [4.78, 5) is 20.3. The molecule has 0 radical (unpaired) electrons. The first kappa shape index (κ1) is 26.3. The lowest BCUT2D eigenvalue weighted by Crippen LogP contribution is -2.37. The Morgan fingerprint density at radius 2 is 1.87 bits per heavy atom. The van der Waals surface area contributed by atoms with E-state index in [0.29, 0.717) is 30.8 Å². The number of fused-ring (bicyclic) bond motifs is 1. The summed E-state index contributed by atoms with van der Waals surface area (Å²) in [5.41, 5.74) is 0.880. The van der Waals surface area contributed by atoms with Gasteiger partial charge >= 0.3 is 0 Å². The van der Waals surface area contributed by atoms with Crippen molar-refractivity contribution in [2.75, 3.05) is 55.9 Å². The molecule has 2 fully saturated rings. The largest absolute Gasteiger partial charge is 0.489 e. The van der Waals surface area contributed by atoms with Gasteiger partial charge in [-0.05, 0) is 37.8 Å². The minimum absolute atomic E-state index is 0.0705. The molecular weight excluding hydrogens is 510 g/mol. The molecule has 2 aliphatic rings. The van der Waals surface area contributed by atoms with E-state index in [1.807, 2.05) is 18.2 Å². The third kappa shape index (κ3) is 7.17. The number of aromatic nitrogens is 4. The lowest BCUT2D eigenvalue weighted by molar-refractivity contribution is 0.122. The molecule has 204 valence electrons. The van der Waals surface area contributed by atoms with Crippen molar-refractivity contribution >= 4 is 32.7 Å². The second-order valence-electron chi connectivity index (χ2n) is 9.45. The van der Waals surface area contributed by atoms with Crippen LogP contribution in [0.25, 0.3) is 10.9 Å². The summed E-state index contributed by atoms with van der Waals surface area (Å²) in [7, 11) is -3.23. The molecule has 0 unspecified atom stereocenters. The molecule has 1 saturated heterocycles. The van der Waals surface area contributed by atoms with Crippen molar-refractivity contribution in [3.05, 3.63) is 36.8 Å². The van der Waals surface area contributed by atoms with E-state index in [2.05, 4.69) is 29.9 Å². The van der Waals surface area contributed by atoms with Gasteiger partial charge in [0.1, 0.15) is 18.5 Å². The first-order valence-electron chi connectivity index (χ1n) is 12.8. The van der Waals surface area contributed by atoms with Crippen LogP contribution in [0.5, 0.6) is 11.6 Å². The Hall–Kier alpha value is -3.29. The van der Waals surface area contributed by atoms with E-state index in [0.717, 1.165) is 61.7 Å². The second-order valence-corrected chi connectivity index (χ2v) is 11.3. The number of ether oxygens (including phenoxy) is 3. The fraction of sp³-hybridized carbons (Fsp3) is 0.520.